The molecule has 102 valence electrons. The summed E-state index contributed by atoms with van der Waals surface area (Å²) >= 11 is 2.95. The third kappa shape index (κ3) is 2.46. The molecule has 3 aromatic rings. The largest absolute Gasteiger partial charge is 0.336 e. The number of rotatable bonds is 3. The molecule has 20 heavy (non-hydrogen) atoms. The van der Waals surface area contributed by atoms with Crippen LogP contribution in [0, 0.1) is 5.82 Å². The van der Waals surface area contributed by atoms with Crippen molar-refractivity contribution in [2.24, 2.45) is 0 Å². The fourth-order valence-corrected chi connectivity index (χ4v) is 3.85. The summed E-state index contributed by atoms with van der Waals surface area (Å²) in [4.78, 5) is 15.7. The Bertz CT molecular complexity index is 748. The minimum atomic E-state index is -0.279. The second-order valence-corrected chi connectivity index (χ2v) is 6.62. The number of benzene rings is 1. The van der Waals surface area contributed by atoms with E-state index in [9.17, 15) is 9.18 Å². The first kappa shape index (κ1) is 13.3. The fraction of sp³-hybridized carbons (Fsp3) is 0.133. The molecule has 2 nitrogen and oxygen atoms in total. The van der Waals surface area contributed by atoms with Crippen LogP contribution < -0.4 is 0 Å². The number of fused-ring (bicyclic) bond motifs is 1. The normalized spacial score (nSPS) is 10.9. The number of halogens is 1. The molecule has 0 aliphatic carbocycles. The van der Waals surface area contributed by atoms with E-state index in [0.717, 1.165) is 9.58 Å². The lowest BCUT2D eigenvalue weighted by Crippen LogP contribution is -2.24. The summed E-state index contributed by atoms with van der Waals surface area (Å²) in [7, 11) is 1.77. The quantitative estimate of drug-likeness (QED) is 0.703. The molecule has 0 N–H and O–H groups in total. The molecular formula is C15H12FNOS2. The molecule has 0 spiro atoms. The first-order chi connectivity index (χ1) is 9.65. The average molecular weight is 305 g/mol. The molecule has 2 heterocycles. The maximum atomic E-state index is 13.7. The maximum absolute atomic E-state index is 13.7. The van der Waals surface area contributed by atoms with Crippen LogP contribution in [0.15, 0.2) is 41.8 Å². The highest BCUT2D eigenvalue weighted by Crippen LogP contribution is 2.28. The molecule has 0 radical (unpaired) electrons. The first-order valence-corrected chi connectivity index (χ1v) is 7.80. The van der Waals surface area contributed by atoms with Crippen LogP contribution in [-0.2, 0) is 6.54 Å². The number of amides is 1. The highest BCUT2D eigenvalue weighted by Gasteiger charge is 2.16. The van der Waals surface area contributed by atoms with Gasteiger partial charge < -0.3 is 4.90 Å². The molecule has 2 aromatic heterocycles. The van der Waals surface area contributed by atoms with Gasteiger partial charge in [-0.25, -0.2) is 4.39 Å². The van der Waals surface area contributed by atoms with E-state index in [4.69, 9.17) is 0 Å². The van der Waals surface area contributed by atoms with Crippen LogP contribution in [-0.4, -0.2) is 17.9 Å². The van der Waals surface area contributed by atoms with Crippen LogP contribution in [0.2, 0.25) is 0 Å². The Labute approximate surface area is 124 Å². The van der Waals surface area contributed by atoms with E-state index in [1.165, 1.54) is 17.4 Å². The van der Waals surface area contributed by atoms with E-state index >= 15 is 0 Å². The molecule has 0 bridgehead atoms. The van der Waals surface area contributed by atoms with Crippen molar-refractivity contribution in [3.8, 4) is 0 Å². The number of thiophene rings is 2. The average Bonchev–Trinajstić information content (AvgIpc) is 3.07. The number of hydrogen-bond donors (Lipinski definition) is 0. The Balaban J connectivity index is 1.86. The fourth-order valence-electron chi connectivity index (χ4n) is 2.03. The number of nitrogens with zero attached hydrogens (tertiary/aromatic N) is 1. The zero-order valence-electron chi connectivity index (χ0n) is 10.8. The zero-order valence-corrected chi connectivity index (χ0v) is 12.4. The van der Waals surface area contributed by atoms with Crippen LogP contribution in [0.1, 0.15) is 14.5 Å². The highest BCUT2D eigenvalue weighted by atomic mass is 32.1. The van der Waals surface area contributed by atoms with Crippen LogP contribution in [0.25, 0.3) is 10.1 Å². The Hall–Kier alpha value is -1.72. The smallest absolute Gasteiger partial charge is 0.264 e. The third-order valence-electron chi connectivity index (χ3n) is 3.04. The Kier molecular flexibility index (Phi) is 3.54. The van der Waals surface area contributed by atoms with E-state index in [2.05, 4.69) is 0 Å². The van der Waals surface area contributed by atoms with Crippen LogP contribution in [0.3, 0.4) is 0 Å². The molecule has 1 amide bonds. The summed E-state index contributed by atoms with van der Waals surface area (Å²) in [6, 6.07) is 10.5. The third-order valence-corrected chi connectivity index (χ3v) is 4.99. The van der Waals surface area contributed by atoms with Gasteiger partial charge in [-0.2, -0.15) is 0 Å². The Morgan fingerprint density at radius 2 is 2.15 bits per heavy atom. The summed E-state index contributed by atoms with van der Waals surface area (Å²) in [5.74, 6) is -0.349. The Morgan fingerprint density at radius 1 is 1.30 bits per heavy atom. The van der Waals surface area contributed by atoms with Gasteiger partial charge in [-0.15, -0.1) is 22.7 Å². The van der Waals surface area contributed by atoms with Gasteiger partial charge in [0.05, 0.1) is 11.4 Å². The maximum Gasteiger partial charge on any atom is 0.264 e. The van der Waals surface area contributed by atoms with Crippen molar-refractivity contribution in [3.05, 3.63) is 57.3 Å². The summed E-state index contributed by atoms with van der Waals surface area (Å²) < 4.78 is 14.5. The van der Waals surface area contributed by atoms with Crippen LogP contribution in [0.5, 0.6) is 0 Å². The van der Waals surface area contributed by atoms with Gasteiger partial charge in [-0.3, -0.25) is 4.79 Å². The van der Waals surface area contributed by atoms with Gasteiger partial charge >= 0.3 is 0 Å². The molecule has 0 atom stereocenters. The second kappa shape index (κ2) is 5.34. The lowest BCUT2D eigenvalue weighted by molar-refractivity contribution is 0.0791. The van der Waals surface area contributed by atoms with Crippen molar-refractivity contribution >= 4 is 38.7 Å². The van der Waals surface area contributed by atoms with Crippen molar-refractivity contribution in [3.63, 3.8) is 0 Å². The van der Waals surface area contributed by atoms with Crippen molar-refractivity contribution in [1.29, 1.82) is 0 Å². The number of hydrogen-bond acceptors (Lipinski definition) is 3. The van der Waals surface area contributed by atoms with Crippen LogP contribution in [0.4, 0.5) is 4.39 Å². The molecule has 0 fully saturated rings. The molecular weight excluding hydrogens is 293 g/mol. The minimum absolute atomic E-state index is 0.0704. The summed E-state index contributed by atoms with van der Waals surface area (Å²) in [6.45, 7) is 0.577. The second-order valence-electron chi connectivity index (χ2n) is 4.50. The van der Waals surface area contributed by atoms with E-state index in [1.807, 2.05) is 23.6 Å². The lowest BCUT2D eigenvalue weighted by Gasteiger charge is -2.14. The van der Waals surface area contributed by atoms with Crippen molar-refractivity contribution in [1.82, 2.24) is 4.90 Å². The van der Waals surface area contributed by atoms with E-state index in [-0.39, 0.29) is 11.7 Å². The number of carbonyl (C=O) groups excluding carboxylic acids is 1. The molecule has 0 aliphatic rings. The SMILES string of the molecule is CN(Cc1cccs1)C(=O)c1cc2c(F)cccc2s1. The molecule has 5 heteroatoms. The molecule has 1 aromatic carbocycles. The monoisotopic (exact) mass is 305 g/mol. The minimum Gasteiger partial charge on any atom is -0.336 e. The topological polar surface area (TPSA) is 20.3 Å². The van der Waals surface area contributed by atoms with Gasteiger partial charge in [-0.05, 0) is 29.6 Å². The van der Waals surface area contributed by atoms with Crippen molar-refractivity contribution in [2.75, 3.05) is 7.05 Å². The van der Waals surface area contributed by atoms with Gasteiger partial charge in [0, 0.05) is 22.0 Å². The van der Waals surface area contributed by atoms with Gasteiger partial charge in [0.2, 0.25) is 0 Å². The predicted molar refractivity (Wildman–Crippen MR) is 81.9 cm³/mol. The predicted octanol–water partition coefficient (Wildman–Crippen LogP) is 4.37. The highest BCUT2D eigenvalue weighted by molar-refractivity contribution is 7.20. The van der Waals surface area contributed by atoms with Gasteiger partial charge in [0.15, 0.2) is 0 Å². The molecule has 0 saturated carbocycles. The molecule has 0 saturated heterocycles. The van der Waals surface area contributed by atoms with Crippen molar-refractivity contribution < 1.29 is 9.18 Å². The van der Waals surface area contributed by atoms with E-state index in [1.54, 1.807) is 35.4 Å². The molecule has 0 aliphatic heterocycles. The Morgan fingerprint density at radius 3 is 2.85 bits per heavy atom. The molecule has 3 rings (SSSR count). The summed E-state index contributed by atoms with van der Waals surface area (Å²) in [5, 5.41) is 2.51. The van der Waals surface area contributed by atoms with E-state index in [0.29, 0.717) is 16.8 Å². The number of carbonyl (C=O) groups is 1. The summed E-state index contributed by atoms with van der Waals surface area (Å²) in [6.07, 6.45) is 0. The standard InChI is InChI=1S/C15H12FNOS2/c1-17(9-10-4-3-7-19-10)15(18)14-8-11-12(16)5-2-6-13(11)20-14/h2-8H,9H2,1H3. The first-order valence-electron chi connectivity index (χ1n) is 6.11. The summed E-state index contributed by atoms with van der Waals surface area (Å²) in [5.41, 5.74) is 0. The van der Waals surface area contributed by atoms with Gasteiger partial charge in [-0.1, -0.05) is 12.1 Å². The zero-order chi connectivity index (χ0) is 14.1. The van der Waals surface area contributed by atoms with Crippen LogP contribution >= 0.6 is 22.7 Å². The van der Waals surface area contributed by atoms with Gasteiger partial charge in [0.25, 0.3) is 5.91 Å². The van der Waals surface area contributed by atoms with Crippen molar-refractivity contribution in [2.45, 2.75) is 6.54 Å². The molecule has 0 unspecified atom stereocenters. The van der Waals surface area contributed by atoms with E-state index < -0.39 is 0 Å². The van der Waals surface area contributed by atoms with Gasteiger partial charge in [0.1, 0.15) is 5.82 Å². The lowest BCUT2D eigenvalue weighted by atomic mass is 10.2.